The van der Waals surface area contributed by atoms with Gasteiger partial charge in [0.05, 0.1) is 5.54 Å². The Hall–Kier alpha value is -5.67. The summed E-state index contributed by atoms with van der Waals surface area (Å²) in [7, 11) is 0. The van der Waals surface area contributed by atoms with Crippen LogP contribution in [-0.4, -0.2) is 51.7 Å². The lowest BCUT2D eigenvalue weighted by Crippen LogP contribution is -2.49. The van der Waals surface area contributed by atoms with Gasteiger partial charge in [-0.15, -0.1) is 0 Å². The molecular formula is C44H48FN3O5. The van der Waals surface area contributed by atoms with Crippen molar-refractivity contribution in [3.63, 3.8) is 0 Å². The zero-order valence-corrected chi connectivity index (χ0v) is 30.7. The van der Waals surface area contributed by atoms with Crippen molar-refractivity contribution in [3.05, 3.63) is 160 Å². The van der Waals surface area contributed by atoms with Gasteiger partial charge in [0.15, 0.2) is 0 Å². The Morgan fingerprint density at radius 2 is 1.26 bits per heavy atom. The number of fused-ring (bicyclic) bond motifs is 2. The van der Waals surface area contributed by atoms with Crippen molar-refractivity contribution < 1.29 is 29.3 Å². The van der Waals surface area contributed by atoms with E-state index in [-0.39, 0.29) is 40.2 Å². The molecule has 276 valence electrons. The number of nitrogens with zero attached hydrogens (tertiary/aromatic N) is 1. The normalized spacial score (nSPS) is 14.9. The summed E-state index contributed by atoms with van der Waals surface area (Å²) < 4.78 is 13.4. The highest BCUT2D eigenvalue weighted by Crippen LogP contribution is 2.37. The van der Waals surface area contributed by atoms with Crippen molar-refractivity contribution in [2.75, 3.05) is 19.6 Å². The van der Waals surface area contributed by atoms with Gasteiger partial charge in [0.1, 0.15) is 23.1 Å². The maximum atomic E-state index is 13.4. The molecule has 0 spiro atoms. The molecule has 8 nitrogen and oxygen atoms in total. The van der Waals surface area contributed by atoms with E-state index in [2.05, 4.69) is 38.3 Å². The largest absolute Gasteiger partial charge is 0.508 e. The molecule has 2 aliphatic rings. The second-order valence-corrected chi connectivity index (χ2v) is 14.3. The third-order valence-corrected chi connectivity index (χ3v) is 9.76. The van der Waals surface area contributed by atoms with Crippen LogP contribution in [0.3, 0.4) is 0 Å². The maximum absolute atomic E-state index is 13.4. The summed E-state index contributed by atoms with van der Waals surface area (Å²) in [6.07, 6.45) is 2.11. The van der Waals surface area contributed by atoms with Gasteiger partial charge >= 0.3 is 0 Å². The second-order valence-electron chi connectivity index (χ2n) is 14.3. The molecule has 2 aliphatic heterocycles. The molecule has 0 saturated heterocycles. The number of aromatic hydroxyl groups is 3. The monoisotopic (exact) mass is 717 g/mol. The highest BCUT2D eigenvalue weighted by atomic mass is 19.1. The molecule has 0 saturated carbocycles. The number of nitrogens with one attached hydrogen (secondary N) is 2. The van der Waals surface area contributed by atoms with Gasteiger partial charge in [0, 0.05) is 29.8 Å². The molecule has 2 amide bonds. The molecule has 5 aromatic carbocycles. The first-order chi connectivity index (χ1) is 25.3. The van der Waals surface area contributed by atoms with Gasteiger partial charge in [-0.25, -0.2) is 4.39 Å². The molecule has 0 fully saturated rings. The quantitative estimate of drug-likeness (QED) is 0.128. The van der Waals surface area contributed by atoms with Crippen LogP contribution in [0.2, 0.25) is 0 Å². The summed E-state index contributed by atoms with van der Waals surface area (Å²) >= 11 is 0. The number of carbonyl (C=O) groups excluding carboxylic acids is 2. The predicted molar refractivity (Wildman–Crippen MR) is 206 cm³/mol. The lowest BCUT2D eigenvalue weighted by atomic mass is 9.83. The number of hydrogen-bond acceptors (Lipinski definition) is 6. The molecule has 2 heterocycles. The van der Waals surface area contributed by atoms with Gasteiger partial charge in [0.25, 0.3) is 11.8 Å². The Labute approximate surface area is 310 Å². The molecular weight excluding hydrogens is 669 g/mol. The molecule has 7 rings (SSSR count). The van der Waals surface area contributed by atoms with Gasteiger partial charge < -0.3 is 30.9 Å². The summed E-state index contributed by atoms with van der Waals surface area (Å²) in [6.45, 7) is 10.4. The summed E-state index contributed by atoms with van der Waals surface area (Å²) in [5.41, 5.74) is 6.13. The van der Waals surface area contributed by atoms with Crippen LogP contribution < -0.4 is 10.6 Å². The van der Waals surface area contributed by atoms with Crippen LogP contribution in [0, 0.1) is 5.82 Å². The van der Waals surface area contributed by atoms with Crippen molar-refractivity contribution in [3.8, 4) is 17.2 Å². The first-order valence-electron chi connectivity index (χ1n) is 17.8. The second kappa shape index (κ2) is 16.8. The standard InChI is InChI=1S/C18H19NO2.C15H14FNO2.C11H15NO/c1-18(2)16-9-8-15(20)12-14(16)10-11-19(18)17(21)13-6-4-3-5-7-13;16-14-7-6-13(18)10-12(14)8-9-17-15(19)11-4-2-1-3-5-11;1-11(2)10-4-3-9(13)7-8(10)5-6-12-11/h3-9,12,20H,10-11H2,1-2H3;1-7,10,18H,8-9H2,(H,17,19);3-4,7,12-13H,5-6H2,1-2H3. The Kier molecular flexibility index (Phi) is 12.2. The van der Waals surface area contributed by atoms with Gasteiger partial charge in [0.2, 0.25) is 0 Å². The number of hydrogen-bond donors (Lipinski definition) is 5. The topological polar surface area (TPSA) is 122 Å². The first kappa shape index (κ1) is 38.6. The van der Waals surface area contributed by atoms with E-state index < -0.39 is 0 Å². The molecule has 9 heteroatoms. The van der Waals surface area contributed by atoms with Gasteiger partial charge in [-0.1, -0.05) is 48.5 Å². The Morgan fingerprint density at radius 3 is 1.91 bits per heavy atom. The number of benzene rings is 5. The van der Waals surface area contributed by atoms with E-state index in [1.165, 1.54) is 29.3 Å². The lowest BCUT2D eigenvalue weighted by molar-refractivity contribution is 0.0513. The van der Waals surface area contributed by atoms with E-state index in [1.54, 1.807) is 42.5 Å². The number of carbonyl (C=O) groups is 2. The fourth-order valence-corrected chi connectivity index (χ4v) is 6.89. The maximum Gasteiger partial charge on any atom is 0.254 e. The van der Waals surface area contributed by atoms with Crippen molar-refractivity contribution in [1.29, 1.82) is 0 Å². The fourth-order valence-electron chi connectivity index (χ4n) is 6.89. The molecule has 0 unspecified atom stereocenters. The van der Waals surface area contributed by atoms with E-state index in [0.717, 1.165) is 30.5 Å². The third kappa shape index (κ3) is 9.61. The van der Waals surface area contributed by atoms with Crippen LogP contribution in [0.25, 0.3) is 0 Å². The minimum atomic E-state index is -0.383. The summed E-state index contributed by atoms with van der Waals surface area (Å²) in [5, 5.41) is 34.4. The summed E-state index contributed by atoms with van der Waals surface area (Å²) in [4.78, 5) is 26.4. The molecule has 0 aromatic heterocycles. The lowest BCUT2D eigenvalue weighted by Gasteiger charge is -2.44. The summed E-state index contributed by atoms with van der Waals surface area (Å²) in [5.74, 6) is 0.155. The minimum absolute atomic E-state index is 0.0192. The number of rotatable bonds is 5. The fraction of sp³-hybridized carbons (Fsp3) is 0.273. The van der Waals surface area contributed by atoms with Gasteiger partial charge in [-0.2, -0.15) is 0 Å². The molecule has 5 N–H and O–H groups in total. The van der Waals surface area contributed by atoms with Crippen molar-refractivity contribution in [1.82, 2.24) is 15.5 Å². The molecule has 53 heavy (non-hydrogen) atoms. The van der Waals surface area contributed by atoms with E-state index in [0.29, 0.717) is 42.0 Å². The van der Waals surface area contributed by atoms with Crippen LogP contribution in [0.1, 0.15) is 76.2 Å². The molecule has 0 aliphatic carbocycles. The third-order valence-electron chi connectivity index (χ3n) is 9.76. The summed E-state index contributed by atoms with van der Waals surface area (Å²) in [6, 6.07) is 33.1. The molecule has 5 aromatic rings. The zero-order valence-electron chi connectivity index (χ0n) is 30.7. The number of phenols is 3. The number of amides is 2. The highest BCUT2D eigenvalue weighted by molar-refractivity contribution is 5.95. The van der Waals surface area contributed by atoms with Crippen molar-refractivity contribution in [2.24, 2.45) is 0 Å². The first-order valence-corrected chi connectivity index (χ1v) is 17.8. The van der Waals surface area contributed by atoms with E-state index in [4.69, 9.17) is 0 Å². The van der Waals surface area contributed by atoms with Crippen LogP contribution in [0.4, 0.5) is 4.39 Å². The van der Waals surface area contributed by atoms with E-state index in [1.807, 2.05) is 59.5 Å². The van der Waals surface area contributed by atoms with Crippen molar-refractivity contribution >= 4 is 11.8 Å². The van der Waals surface area contributed by atoms with E-state index >= 15 is 0 Å². The van der Waals surface area contributed by atoms with Crippen molar-refractivity contribution in [2.45, 2.75) is 58.0 Å². The highest BCUT2D eigenvalue weighted by Gasteiger charge is 2.37. The molecule has 0 radical (unpaired) electrons. The average Bonchev–Trinajstić information content (AvgIpc) is 3.13. The average molecular weight is 718 g/mol. The molecule has 0 bridgehead atoms. The Balaban J connectivity index is 0.000000157. The number of halogens is 1. The molecule has 0 atom stereocenters. The van der Waals surface area contributed by atoms with Gasteiger partial charge in [-0.05, 0) is 148 Å². The van der Waals surface area contributed by atoms with Crippen LogP contribution in [-0.2, 0) is 30.3 Å². The Morgan fingerprint density at radius 1 is 0.717 bits per heavy atom. The van der Waals surface area contributed by atoms with Crippen LogP contribution in [0.15, 0.2) is 115 Å². The SMILES string of the molecule is CC1(C)NCCc2cc(O)ccc21.CC1(C)c2ccc(O)cc2CCN1C(=O)c1ccccc1.O=C(NCCc1cc(O)ccc1F)c1ccccc1. The predicted octanol–water partition coefficient (Wildman–Crippen LogP) is 7.60. The zero-order chi connectivity index (χ0) is 38.2. The van der Waals surface area contributed by atoms with Crippen LogP contribution >= 0.6 is 0 Å². The van der Waals surface area contributed by atoms with Gasteiger partial charge in [-0.3, -0.25) is 9.59 Å². The van der Waals surface area contributed by atoms with Crippen LogP contribution in [0.5, 0.6) is 17.2 Å². The minimum Gasteiger partial charge on any atom is -0.508 e. The number of phenolic OH excluding ortho intramolecular Hbond substituents is 3. The van der Waals surface area contributed by atoms with E-state index in [9.17, 15) is 29.3 Å². The Bertz CT molecular complexity index is 2030. The smallest absolute Gasteiger partial charge is 0.254 e.